The highest BCUT2D eigenvalue weighted by atomic mass is 35.5. The van der Waals surface area contributed by atoms with Gasteiger partial charge in [-0.2, -0.15) is 0 Å². The fraction of sp³-hybridized carbons (Fsp3) is 0.412. The summed E-state index contributed by atoms with van der Waals surface area (Å²) in [6.07, 6.45) is 3.28. The lowest BCUT2D eigenvalue weighted by Crippen LogP contribution is -2.35. The summed E-state index contributed by atoms with van der Waals surface area (Å²) in [5.74, 6) is 0.493. The highest BCUT2D eigenvalue weighted by molar-refractivity contribution is 6.30. The van der Waals surface area contributed by atoms with Crippen molar-refractivity contribution >= 4 is 11.6 Å². The number of hydrogen-bond donors (Lipinski definition) is 1. The van der Waals surface area contributed by atoms with E-state index in [9.17, 15) is 9.59 Å². The van der Waals surface area contributed by atoms with E-state index in [1.807, 2.05) is 18.2 Å². The fourth-order valence-electron chi connectivity index (χ4n) is 3.14. The molecule has 5 nitrogen and oxygen atoms in total. The van der Waals surface area contributed by atoms with E-state index in [1.54, 1.807) is 0 Å². The summed E-state index contributed by atoms with van der Waals surface area (Å²) in [5, 5.41) is 0.776. The van der Waals surface area contributed by atoms with Gasteiger partial charge in [0, 0.05) is 36.9 Å². The molecule has 1 saturated heterocycles. The standard InChI is InChI=1S/C17H20ClN3O2/c1-20-16(22)13(10-19-17(20)23)5-7-21-8-6-14(11-21)12-3-2-4-15(18)9-12/h2-4,9-10,14H,5-8,11H2,1H3,(H,19,23). The fourth-order valence-corrected chi connectivity index (χ4v) is 3.34. The second-order valence-corrected chi connectivity index (χ2v) is 6.51. The molecule has 2 aromatic rings. The van der Waals surface area contributed by atoms with Crippen molar-refractivity contribution in [1.29, 1.82) is 0 Å². The summed E-state index contributed by atoms with van der Waals surface area (Å²) in [6.45, 7) is 2.81. The summed E-state index contributed by atoms with van der Waals surface area (Å²) in [5.41, 5.74) is 1.35. The van der Waals surface area contributed by atoms with Gasteiger partial charge in [-0.15, -0.1) is 0 Å². The number of nitrogens with one attached hydrogen (secondary N) is 1. The van der Waals surface area contributed by atoms with Crippen LogP contribution in [0, 0.1) is 0 Å². The molecule has 6 heteroatoms. The van der Waals surface area contributed by atoms with Crippen LogP contribution in [0.15, 0.2) is 40.1 Å². The highest BCUT2D eigenvalue weighted by Crippen LogP contribution is 2.28. The molecule has 122 valence electrons. The molecule has 1 aliphatic heterocycles. The van der Waals surface area contributed by atoms with Crippen LogP contribution in [0.25, 0.3) is 0 Å². The Labute approximate surface area is 139 Å². The predicted octanol–water partition coefficient (Wildman–Crippen LogP) is 1.76. The van der Waals surface area contributed by atoms with Crippen LogP contribution in [0.1, 0.15) is 23.5 Å². The molecule has 0 saturated carbocycles. The second-order valence-electron chi connectivity index (χ2n) is 6.07. The first-order valence-electron chi connectivity index (χ1n) is 7.80. The summed E-state index contributed by atoms with van der Waals surface area (Å²) in [4.78, 5) is 28.4. The van der Waals surface area contributed by atoms with Crippen molar-refractivity contribution in [3.63, 3.8) is 0 Å². The van der Waals surface area contributed by atoms with Crippen LogP contribution in [0.5, 0.6) is 0 Å². The van der Waals surface area contributed by atoms with Crippen molar-refractivity contribution < 1.29 is 0 Å². The zero-order valence-corrected chi connectivity index (χ0v) is 13.8. The van der Waals surface area contributed by atoms with Crippen molar-refractivity contribution in [3.05, 3.63) is 67.4 Å². The second kappa shape index (κ2) is 6.72. The van der Waals surface area contributed by atoms with Gasteiger partial charge in [0.25, 0.3) is 5.56 Å². The van der Waals surface area contributed by atoms with Gasteiger partial charge in [-0.05, 0) is 43.0 Å². The van der Waals surface area contributed by atoms with Gasteiger partial charge in [0.1, 0.15) is 0 Å². The first kappa shape index (κ1) is 16.0. The average Bonchev–Trinajstić information content (AvgIpc) is 3.01. The molecule has 0 radical (unpaired) electrons. The smallest absolute Gasteiger partial charge is 0.314 e. The maximum absolute atomic E-state index is 12.0. The van der Waals surface area contributed by atoms with Gasteiger partial charge < -0.3 is 9.88 Å². The molecule has 0 aliphatic carbocycles. The Hall–Kier alpha value is -1.85. The molecule has 2 heterocycles. The van der Waals surface area contributed by atoms with Gasteiger partial charge in [-0.25, -0.2) is 4.79 Å². The Morgan fingerprint density at radius 2 is 2.17 bits per heavy atom. The maximum Gasteiger partial charge on any atom is 0.328 e. The van der Waals surface area contributed by atoms with Crippen LogP contribution in [-0.2, 0) is 13.5 Å². The molecule has 1 unspecified atom stereocenters. The molecule has 1 fully saturated rings. The summed E-state index contributed by atoms with van der Waals surface area (Å²) < 4.78 is 1.12. The van der Waals surface area contributed by atoms with Crippen LogP contribution in [0.4, 0.5) is 0 Å². The number of nitrogens with zero attached hydrogens (tertiary/aromatic N) is 2. The van der Waals surface area contributed by atoms with E-state index in [4.69, 9.17) is 11.6 Å². The normalized spacial score (nSPS) is 18.4. The SMILES string of the molecule is Cn1c(=O)[nH]cc(CCN2CCC(c3cccc(Cl)c3)C2)c1=O. The summed E-state index contributed by atoms with van der Waals surface area (Å²) >= 11 is 6.07. The molecule has 1 atom stereocenters. The Bertz CT molecular complexity index is 812. The lowest BCUT2D eigenvalue weighted by molar-refractivity contribution is 0.338. The molecule has 0 spiro atoms. The van der Waals surface area contributed by atoms with Crippen LogP contribution in [0.2, 0.25) is 5.02 Å². The molecular weight excluding hydrogens is 314 g/mol. The number of aromatic amines is 1. The number of benzene rings is 1. The molecule has 1 aromatic heterocycles. The summed E-state index contributed by atoms with van der Waals surface area (Å²) in [6, 6.07) is 8.04. The molecule has 0 amide bonds. The average molecular weight is 334 g/mol. The van der Waals surface area contributed by atoms with E-state index in [0.29, 0.717) is 17.9 Å². The third-order valence-corrected chi connectivity index (χ3v) is 4.78. The number of halogens is 1. The van der Waals surface area contributed by atoms with Crippen LogP contribution >= 0.6 is 11.6 Å². The Morgan fingerprint density at radius 1 is 1.35 bits per heavy atom. The third kappa shape index (κ3) is 3.57. The Morgan fingerprint density at radius 3 is 2.96 bits per heavy atom. The Balaban J connectivity index is 1.62. The van der Waals surface area contributed by atoms with Crippen molar-refractivity contribution in [2.45, 2.75) is 18.8 Å². The first-order valence-corrected chi connectivity index (χ1v) is 8.18. The number of aromatic nitrogens is 2. The maximum atomic E-state index is 12.0. The minimum atomic E-state index is -0.374. The van der Waals surface area contributed by atoms with Crippen LogP contribution in [-0.4, -0.2) is 34.1 Å². The molecular formula is C17H20ClN3O2. The van der Waals surface area contributed by atoms with Gasteiger partial charge in [-0.3, -0.25) is 9.36 Å². The quantitative estimate of drug-likeness (QED) is 0.927. The molecule has 1 N–H and O–H groups in total. The minimum Gasteiger partial charge on any atom is -0.314 e. The van der Waals surface area contributed by atoms with E-state index < -0.39 is 0 Å². The zero-order chi connectivity index (χ0) is 16.4. The van der Waals surface area contributed by atoms with E-state index in [0.717, 1.165) is 35.6 Å². The monoisotopic (exact) mass is 333 g/mol. The van der Waals surface area contributed by atoms with Crippen molar-refractivity contribution in [3.8, 4) is 0 Å². The van der Waals surface area contributed by atoms with Gasteiger partial charge in [0.05, 0.1) is 0 Å². The summed E-state index contributed by atoms with van der Waals surface area (Å²) in [7, 11) is 1.50. The van der Waals surface area contributed by atoms with Gasteiger partial charge in [-0.1, -0.05) is 23.7 Å². The van der Waals surface area contributed by atoms with E-state index in [2.05, 4.69) is 16.0 Å². The van der Waals surface area contributed by atoms with Gasteiger partial charge >= 0.3 is 5.69 Å². The number of likely N-dealkylation sites (tertiary alicyclic amines) is 1. The van der Waals surface area contributed by atoms with Crippen molar-refractivity contribution in [2.24, 2.45) is 7.05 Å². The first-order chi connectivity index (χ1) is 11.0. The number of hydrogen-bond acceptors (Lipinski definition) is 3. The molecule has 23 heavy (non-hydrogen) atoms. The van der Waals surface area contributed by atoms with Crippen molar-refractivity contribution in [2.75, 3.05) is 19.6 Å². The van der Waals surface area contributed by atoms with E-state index in [1.165, 1.54) is 18.8 Å². The molecule has 0 bridgehead atoms. The van der Waals surface area contributed by atoms with E-state index in [-0.39, 0.29) is 11.2 Å². The number of rotatable bonds is 4. The number of H-pyrrole nitrogens is 1. The lowest BCUT2D eigenvalue weighted by atomic mass is 9.99. The zero-order valence-electron chi connectivity index (χ0n) is 13.1. The third-order valence-electron chi connectivity index (χ3n) is 4.54. The minimum absolute atomic E-state index is 0.209. The predicted molar refractivity (Wildman–Crippen MR) is 91.3 cm³/mol. The lowest BCUT2D eigenvalue weighted by Gasteiger charge is -2.16. The Kier molecular flexibility index (Phi) is 4.68. The topological polar surface area (TPSA) is 58.1 Å². The van der Waals surface area contributed by atoms with Gasteiger partial charge in [0.15, 0.2) is 0 Å². The van der Waals surface area contributed by atoms with Crippen LogP contribution in [0.3, 0.4) is 0 Å². The molecule has 1 aliphatic rings. The largest absolute Gasteiger partial charge is 0.328 e. The van der Waals surface area contributed by atoms with Gasteiger partial charge in [0.2, 0.25) is 0 Å². The van der Waals surface area contributed by atoms with Crippen LogP contribution < -0.4 is 11.2 Å². The molecule has 3 rings (SSSR count). The highest BCUT2D eigenvalue weighted by Gasteiger charge is 2.23. The molecule has 1 aromatic carbocycles. The van der Waals surface area contributed by atoms with Crippen molar-refractivity contribution in [1.82, 2.24) is 14.5 Å². The van der Waals surface area contributed by atoms with E-state index >= 15 is 0 Å².